The van der Waals surface area contributed by atoms with Crippen molar-refractivity contribution in [3.05, 3.63) is 54.1 Å². The summed E-state index contributed by atoms with van der Waals surface area (Å²) in [6, 6.07) is 14.3. The number of aryl methyl sites for hydroxylation is 1. The minimum absolute atomic E-state index is 0.00862. The first kappa shape index (κ1) is 21.0. The molecule has 1 aliphatic rings. The van der Waals surface area contributed by atoms with E-state index >= 15 is 0 Å². The summed E-state index contributed by atoms with van der Waals surface area (Å²) in [5.41, 5.74) is 5.48. The predicted octanol–water partition coefficient (Wildman–Crippen LogP) is 1.29. The topological polar surface area (TPSA) is 112 Å². The number of rotatable bonds is 7. The first-order valence-electron chi connectivity index (χ1n) is 9.33. The van der Waals surface area contributed by atoms with Gasteiger partial charge in [-0.15, -0.1) is 0 Å². The fourth-order valence-corrected chi connectivity index (χ4v) is 2.50. The van der Waals surface area contributed by atoms with Gasteiger partial charge in [-0.2, -0.15) is 0 Å². The summed E-state index contributed by atoms with van der Waals surface area (Å²) in [7, 11) is 0. The molecule has 0 bridgehead atoms. The van der Waals surface area contributed by atoms with Crippen LogP contribution in [0, 0.1) is 6.92 Å². The summed E-state index contributed by atoms with van der Waals surface area (Å²) in [5.74, 6) is -0.237. The van der Waals surface area contributed by atoms with Crippen LogP contribution < -0.4 is 25.1 Å². The van der Waals surface area contributed by atoms with Crippen molar-refractivity contribution < 1.29 is 33.3 Å². The van der Waals surface area contributed by atoms with Crippen molar-refractivity contribution in [1.29, 1.82) is 0 Å². The molecule has 2 N–H and O–H groups in total. The van der Waals surface area contributed by atoms with Gasteiger partial charge in [-0.25, -0.2) is 0 Å². The van der Waals surface area contributed by atoms with Gasteiger partial charge in [-0.05, 0) is 31.2 Å². The fourth-order valence-electron chi connectivity index (χ4n) is 2.50. The zero-order chi connectivity index (χ0) is 21.3. The van der Waals surface area contributed by atoms with Gasteiger partial charge in [-0.1, -0.05) is 29.8 Å². The lowest BCUT2D eigenvalue weighted by atomic mass is 10.2. The van der Waals surface area contributed by atoms with E-state index < -0.39 is 30.5 Å². The Morgan fingerprint density at radius 3 is 2.53 bits per heavy atom. The molecule has 0 radical (unpaired) electrons. The number of hydrogen-bond acceptors (Lipinski definition) is 7. The zero-order valence-corrected chi connectivity index (χ0v) is 16.4. The monoisotopic (exact) mass is 414 g/mol. The molecule has 3 rings (SSSR count). The lowest BCUT2D eigenvalue weighted by molar-refractivity contribution is -0.149. The number of esters is 1. The Morgan fingerprint density at radius 1 is 1.03 bits per heavy atom. The van der Waals surface area contributed by atoms with E-state index in [1.54, 1.807) is 36.4 Å². The molecule has 9 nitrogen and oxygen atoms in total. The van der Waals surface area contributed by atoms with E-state index in [4.69, 9.17) is 18.9 Å². The second-order valence-corrected chi connectivity index (χ2v) is 6.47. The van der Waals surface area contributed by atoms with Crippen molar-refractivity contribution in [2.45, 2.75) is 19.4 Å². The molecule has 2 amide bonds. The Bertz CT molecular complexity index is 898. The van der Waals surface area contributed by atoms with Crippen molar-refractivity contribution >= 4 is 17.8 Å². The molecule has 0 aliphatic carbocycles. The van der Waals surface area contributed by atoms with Crippen LogP contribution in [0.15, 0.2) is 48.5 Å². The number of carbonyl (C=O) groups is 3. The molecule has 0 aromatic heterocycles. The molecule has 9 heteroatoms. The summed E-state index contributed by atoms with van der Waals surface area (Å²) < 4.78 is 21.2. The number of carbonyl (C=O) groups excluding carboxylic acids is 3. The minimum Gasteiger partial charge on any atom is -0.493 e. The van der Waals surface area contributed by atoms with Gasteiger partial charge in [0, 0.05) is 0 Å². The summed E-state index contributed by atoms with van der Waals surface area (Å²) >= 11 is 0. The normalized spacial score (nSPS) is 14.4. The third-order valence-corrected chi connectivity index (χ3v) is 4.09. The average molecular weight is 414 g/mol. The van der Waals surface area contributed by atoms with E-state index in [0.29, 0.717) is 17.2 Å². The van der Waals surface area contributed by atoms with Gasteiger partial charge in [0.25, 0.3) is 11.8 Å². The molecule has 1 atom stereocenters. The van der Waals surface area contributed by atoms with E-state index in [1.807, 2.05) is 19.1 Å². The summed E-state index contributed by atoms with van der Waals surface area (Å²) in [5, 5.41) is 0. The summed E-state index contributed by atoms with van der Waals surface area (Å²) in [6.45, 7) is 1.56. The molecule has 0 spiro atoms. The third kappa shape index (κ3) is 6.13. The Hall–Kier alpha value is -3.75. The maximum atomic E-state index is 12.1. The highest BCUT2D eigenvalue weighted by Gasteiger charge is 2.27. The van der Waals surface area contributed by atoms with Crippen molar-refractivity contribution in [3.8, 4) is 17.2 Å². The SMILES string of the molecule is Cc1ccc(OCCC(=O)OCC(=O)NNC(=O)[C@@H]2COc3ccccc3O2)cc1. The van der Waals surface area contributed by atoms with Crippen LogP contribution in [0.1, 0.15) is 12.0 Å². The number of para-hydroxylation sites is 2. The minimum atomic E-state index is -0.915. The quantitative estimate of drug-likeness (QED) is 0.519. The molecular formula is C21H22N2O7. The molecule has 0 saturated carbocycles. The molecule has 0 saturated heterocycles. The Balaban J connectivity index is 1.30. The molecule has 0 unspecified atom stereocenters. The van der Waals surface area contributed by atoms with Crippen LogP contribution in [-0.2, 0) is 19.1 Å². The number of hydrogen-bond donors (Lipinski definition) is 2. The van der Waals surface area contributed by atoms with Gasteiger partial charge in [0.2, 0.25) is 6.10 Å². The summed E-state index contributed by atoms with van der Waals surface area (Å²) in [6.07, 6.45) is -0.929. The molecule has 2 aromatic rings. The van der Waals surface area contributed by atoms with Gasteiger partial charge in [0.15, 0.2) is 18.1 Å². The van der Waals surface area contributed by atoms with Crippen LogP contribution in [0.25, 0.3) is 0 Å². The Labute approximate surface area is 173 Å². The van der Waals surface area contributed by atoms with Crippen molar-refractivity contribution in [2.24, 2.45) is 0 Å². The van der Waals surface area contributed by atoms with E-state index in [-0.39, 0.29) is 19.6 Å². The maximum Gasteiger partial charge on any atom is 0.309 e. The van der Waals surface area contributed by atoms with Crippen LogP contribution >= 0.6 is 0 Å². The number of nitrogens with one attached hydrogen (secondary N) is 2. The molecule has 158 valence electrons. The highest BCUT2D eigenvalue weighted by Crippen LogP contribution is 2.30. The van der Waals surface area contributed by atoms with Gasteiger partial charge in [0.1, 0.15) is 12.4 Å². The van der Waals surface area contributed by atoms with Crippen LogP contribution in [-0.4, -0.2) is 43.7 Å². The zero-order valence-electron chi connectivity index (χ0n) is 16.4. The number of benzene rings is 2. The van der Waals surface area contributed by atoms with Crippen LogP contribution in [0.4, 0.5) is 0 Å². The van der Waals surface area contributed by atoms with Crippen molar-refractivity contribution in [1.82, 2.24) is 10.9 Å². The molecule has 1 aliphatic heterocycles. The largest absolute Gasteiger partial charge is 0.493 e. The fraction of sp³-hybridized carbons (Fsp3) is 0.286. The van der Waals surface area contributed by atoms with E-state index in [9.17, 15) is 14.4 Å². The van der Waals surface area contributed by atoms with Gasteiger partial charge in [0.05, 0.1) is 13.0 Å². The van der Waals surface area contributed by atoms with Gasteiger partial charge >= 0.3 is 5.97 Å². The van der Waals surface area contributed by atoms with Crippen LogP contribution in [0.3, 0.4) is 0 Å². The Morgan fingerprint density at radius 2 is 1.77 bits per heavy atom. The van der Waals surface area contributed by atoms with Crippen LogP contribution in [0.5, 0.6) is 17.2 Å². The van der Waals surface area contributed by atoms with Gasteiger partial charge < -0.3 is 18.9 Å². The number of fused-ring (bicyclic) bond motifs is 1. The van der Waals surface area contributed by atoms with Crippen molar-refractivity contribution in [2.75, 3.05) is 19.8 Å². The second-order valence-electron chi connectivity index (χ2n) is 6.47. The number of hydrazine groups is 1. The number of ether oxygens (including phenoxy) is 4. The lowest BCUT2D eigenvalue weighted by Crippen LogP contribution is -2.51. The first-order valence-corrected chi connectivity index (χ1v) is 9.33. The van der Waals surface area contributed by atoms with Gasteiger partial charge in [-0.3, -0.25) is 25.2 Å². The lowest BCUT2D eigenvalue weighted by Gasteiger charge is -2.25. The van der Waals surface area contributed by atoms with E-state index in [0.717, 1.165) is 5.56 Å². The van der Waals surface area contributed by atoms with E-state index in [1.165, 1.54) is 0 Å². The summed E-state index contributed by atoms with van der Waals surface area (Å²) in [4.78, 5) is 35.5. The predicted molar refractivity (Wildman–Crippen MR) is 105 cm³/mol. The third-order valence-electron chi connectivity index (χ3n) is 4.09. The smallest absolute Gasteiger partial charge is 0.309 e. The molecule has 2 aromatic carbocycles. The van der Waals surface area contributed by atoms with Crippen molar-refractivity contribution in [3.63, 3.8) is 0 Å². The van der Waals surface area contributed by atoms with Crippen LogP contribution in [0.2, 0.25) is 0 Å². The molecular weight excluding hydrogens is 392 g/mol. The molecule has 0 fully saturated rings. The Kier molecular flexibility index (Phi) is 7.09. The molecule has 1 heterocycles. The average Bonchev–Trinajstić information content (AvgIpc) is 2.77. The molecule has 30 heavy (non-hydrogen) atoms. The number of amides is 2. The first-order chi connectivity index (χ1) is 14.5. The highest BCUT2D eigenvalue weighted by molar-refractivity contribution is 5.86. The highest BCUT2D eigenvalue weighted by atomic mass is 16.6. The van der Waals surface area contributed by atoms with E-state index in [2.05, 4.69) is 10.9 Å². The standard InChI is InChI=1S/C21H22N2O7/c1-14-6-8-15(9-7-14)27-11-10-20(25)29-13-19(24)22-23-21(26)18-12-28-16-4-2-3-5-17(16)30-18/h2-9,18H,10-13H2,1H3,(H,22,24)(H,23,26)/t18-/m0/s1. The second kappa shape index (κ2) is 10.1. The maximum absolute atomic E-state index is 12.1.